The predicted molar refractivity (Wildman–Crippen MR) is 75.3 cm³/mol. The highest BCUT2D eigenvalue weighted by atomic mass is 35.5. The second-order valence-electron chi connectivity index (χ2n) is 4.95. The van der Waals surface area contributed by atoms with Crippen LogP contribution >= 0.6 is 23.2 Å². The Balaban J connectivity index is 1.89. The van der Waals surface area contributed by atoms with Crippen LogP contribution in [0.2, 0.25) is 5.02 Å². The second kappa shape index (κ2) is 6.58. The van der Waals surface area contributed by atoms with Crippen LogP contribution in [0.5, 0.6) is 0 Å². The molecule has 104 valence electrons. The van der Waals surface area contributed by atoms with Crippen LogP contribution in [-0.2, 0) is 0 Å². The van der Waals surface area contributed by atoms with Gasteiger partial charge in [-0.15, -0.1) is 11.6 Å². The minimum absolute atomic E-state index is 0.00136. The molecule has 1 amide bonds. The molecule has 5 heteroatoms. The van der Waals surface area contributed by atoms with Crippen molar-refractivity contribution in [3.8, 4) is 0 Å². The van der Waals surface area contributed by atoms with E-state index in [9.17, 15) is 9.18 Å². The molecule has 1 aliphatic carbocycles. The fraction of sp³-hybridized carbons (Fsp3) is 0.500. The summed E-state index contributed by atoms with van der Waals surface area (Å²) in [5.41, 5.74) is -0.00136. The molecule has 0 unspecified atom stereocenters. The highest BCUT2D eigenvalue weighted by Crippen LogP contribution is 2.27. The first kappa shape index (κ1) is 14.6. The van der Waals surface area contributed by atoms with Crippen LogP contribution < -0.4 is 5.32 Å². The van der Waals surface area contributed by atoms with Crippen molar-refractivity contribution in [3.05, 3.63) is 34.6 Å². The molecule has 0 aromatic heterocycles. The molecule has 0 saturated heterocycles. The average Bonchev–Trinajstić information content (AvgIpc) is 2.40. The van der Waals surface area contributed by atoms with Gasteiger partial charge in [0.25, 0.3) is 5.91 Å². The zero-order valence-corrected chi connectivity index (χ0v) is 12.0. The van der Waals surface area contributed by atoms with Gasteiger partial charge in [-0.05, 0) is 49.8 Å². The third-order valence-corrected chi connectivity index (χ3v) is 4.17. The molecule has 1 N–H and O–H groups in total. The maximum atomic E-state index is 13.5. The summed E-state index contributed by atoms with van der Waals surface area (Å²) in [6, 6.07) is 3.98. The number of benzene rings is 1. The molecule has 2 rings (SSSR count). The third-order valence-electron chi connectivity index (χ3n) is 3.50. The van der Waals surface area contributed by atoms with E-state index in [2.05, 4.69) is 5.32 Å². The van der Waals surface area contributed by atoms with Crippen molar-refractivity contribution in [2.75, 3.05) is 6.54 Å². The number of halogens is 3. The summed E-state index contributed by atoms with van der Waals surface area (Å²) < 4.78 is 13.5. The van der Waals surface area contributed by atoms with E-state index in [0.717, 1.165) is 25.7 Å². The Kier molecular flexibility index (Phi) is 5.06. The molecule has 2 nitrogen and oxygen atoms in total. The summed E-state index contributed by atoms with van der Waals surface area (Å²) in [4.78, 5) is 11.9. The van der Waals surface area contributed by atoms with Gasteiger partial charge in [-0.2, -0.15) is 0 Å². The fourth-order valence-electron chi connectivity index (χ4n) is 2.33. The zero-order chi connectivity index (χ0) is 13.8. The maximum Gasteiger partial charge on any atom is 0.254 e. The quantitative estimate of drug-likeness (QED) is 0.840. The maximum absolute atomic E-state index is 13.5. The smallest absolute Gasteiger partial charge is 0.254 e. The van der Waals surface area contributed by atoms with E-state index < -0.39 is 11.7 Å². The van der Waals surface area contributed by atoms with Gasteiger partial charge in [0.05, 0.1) is 5.56 Å². The summed E-state index contributed by atoms with van der Waals surface area (Å²) in [7, 11) is 0. The fourth-order valence-corrected chi connectivity index (χ4v) is 2.75. The number of rotatable bonds is 3. The summed E-state index contributed by atoms with van der Waals surface area (Å²) in [6.45, 7) is 0.564. The number of carbonyl (C=O) groups is 1. The zero-order valence-electron chi connectivity index (χ0n) is 10.5. The van der Waals surface area contributed by atoms with Crippen molar-refractivity contribution < 1.29 is 9.18 Å². The number of hydrogen-bond donors (Lipinski definition) is 1. The summed E-state index contributed by atoms with van der Waals surface area (Å²) >= 11 is 11.8. The summed E-state index contributed by atoms with van der Waals surface area (Å²) in [5, 5.41) is 3.39. The lowest BCUT2D eigenvalue weighted by molar-refractivity contribution is 0.0939. The van der Waals surface area contributed by atoms with Crippen LogP contribution in [0.4, 0.5) is 4.39 Å². The molecule has 0 heterocycles. The number of nitrogens with one attached hydrogen (secondary N) is 1. The lowest BCUT2D eigenvalue weighted by Gasteiger charge is -2.25. The van der Waals surface area contributed by atoms with Gasteiger partial charge in [-0.25, -0.2) is 4.39 Å². The highest BCUT2D eigenvalue weighted by molar-refractivity contribution is 6.31. The van der Waals surface area contributed by atoms with Crippen molar-refractivity contribution in [1.82, 2.24) is 5.32 Å². The Hall–Kier alpha value is -0.800. The monoisotopic (exact) mass is 303 g/mol. The minimum Gasteiger partial charge on any atom is -0.352 e. The number of amides is 1. The van der Waals surface area contributed by atoms with Crippen molar-refractivity contribution >= 4 is 29.1 Å². The van der Waals surface area contributed by atoms with Crippen LogP contribution in [0.25, 0.3) is 0 Å². The van der Waals surface area contributed by atoms with Gasteiger partial charge in [-0.1, -0.05) is 11.6 Å². The van der Waals surface area contributed by atoms with Gasteiger partial charge >= 0.3 is 0 Å². The molecule has 1 aromatic carbocycles. The van der Waals surface area contributed by atoms with E-state index in [1.165, 1.54) is 18.2 Å². The molecular formula is C14H16Cl2FNO. The Morgan fingerprint density at radius 1 is 1.32 bits per heavy atom. The minimum atomic E-state index is -0.550. The first-order chi connectivity index (χ1) is 9.06. The molecule has 0 bridgehead atoms. The number of carbonyl (C=O) groups excluding carboxylic acids is 1. The van der Waals surface area contributed by atoms with E-state index in [1.807, 2.05) is 0 Å². The van der Waals surface area contributed by atoms with Gasteiger partial charge < -0.3 is 5.32 Å². The standard InChI is InChI=1S/C14H16Cl2FNO/c15-10-3-1-9(2-4-10)8-18-14(19)12-7-11(16)5-6-13(12)17/h5-7,9-10H,1-4,8H2,(H,18,19). The summed E-state index contributed by atoms with van der Waals surface area (Å²) in [5.74, 6) is -0.527. The average molecular weight is 304 g/mol. The molecule has 19 heavy (non-hydrogen) atoms. The Bertz CT molecular complexity index is 459. The van der Waals surface area contributed by atoms with E-state index in [0.29, 0.717) is 17.5 Å². The predicted octanol–water partition coefficient (Wildman–Crippen LogP) is 4.01. The normalized spacial score (nSPS) is 23.1. The first-order valence-electron chi connectivity index (χ1n) is 6.43. The largest absolute Gasteiger partial charge is 0.352 e. The van der Waals surface area contributed by atoms with Crippen LogP contribution in [0, 0.1) is 11.7 Å². The SMILES string of the molecule is O=C(NCC1CCC(Cl)CC1)c1cc(Cl)ccc1F. The molecule has 1 aliphatic rings. The molecule has 1 aromatic rings. The van der Waals surface area contributed by atoms with Crippen LogP contribution in [0.3, 0.4) is 0 Å². The highest BCUT2D eigenvalue weighted by Gasteiger charge is 2.20. The first-order valence-corrected chi connectivity index (χ1v) is 7.25. The van der Waals surface area contributed by atoms with Crippen LogP contribution in [0.15, 0.2) is 18.2 Å². The van der Waals surface area contributed by atoms with Crippen molar-refractivity contribution in [1.29, 1.82) is 0 Å². The van der Waals surface area contributed by atoms with Gasteiger partial charge in [0.1, 0.15) is 5.82 Å². The Morgan fingerprint density at radius 3 is 2.68 bits per heavy atom. The Morgan fingerprint density at radius 2 is 2.00 bits per heavy atom. The Labute approximate surface area is 122 Å². The molecule has 0 radical (unpaired) electrons. The van der Waals surface area contributed by atoms with Crippen LogP contribution in [0.1, 0.15) is 36.0 Å². The molecular weight excluding hydrogens is 288 g/mol. The van der Waals surface area contributed by atoms with Gasteiger partial charge in [0, 0.05) is 16.9 Å². The molecule has 1 saturated carbocycles. The van der Waals surface area contributed by atoms with E-state index in [-0.39, 0.29) is 10.9 Å². The van der Waals surface area contributed by atoms with Gasteiger partial charge in [0.15, 0.2) is 0 Å². The van der Waals surface area contributed by atoms with E-state index in [1.54, 1.807) is 0 Å². The van der Waals surface area contributed by atoms with Gasteiger partial charge in [0.2, 0.25) is 0 Å². The van der Waals surface area contributed by atoms with Crippen molar-refractivity contribution in [2.24, 2.45) is 5.92 Å². The van der Waals surface area contributed by atoms with E-state index in [4.69, 9.17) is 23.2 Å². The molecule has 0 atom stereocenters. The van der Waals surface area contributed by atoms with Gasteiger partial charge in [-0.3, -0.25) is 4.79 Å². The lowest BCUT2D eigenvalue weighted by atomic mass is 9.89. The molecule has 1 fully saturated rings. The molecule has 0 spiro atoms. The molecule has 0 aliphatic heterocycles. The third kappa shape index (κ3) is 4.08. The lowest BCUT2D eigenvalue weighted by Crippen LogP contribution is -2.31. The van der Waals surface area contributed by atoms with E-state index >= 15 is 0 Å². The second-order valence-corrected chi connectivity index (χ2v) is 6.01. The van der Waals surface area contributed by atoms with Crippen molar-refractivity contribution in [3.63, 3.8) is 0 Å². The number of hydrogen-bond acceptors (Lipinski definition) is 1. The topological polar surface area (TPSA) is 29.1 Å². The van der Waals surface area contributed by atoms with Crippen molar-refractivity contribution in [2.45, 2.75) is 31.1 Å². The summed E-state index contributed by atoms with van der Waals surface area (Å²) in [6.07, 6.45) is 3.97. The van der Waals surface area contributed by atoms with Crippen LogP contribution in [-0.4, -0.2) is 17.8 Å². The number of alkyl halides is 1.